The molecule has 0 saturated carbocycles. The number of carbonyl (C=O) groups is 2. The Morgan fingerprint density at radius 3 is 2.50 bits per heavy atom. The number of anilines is 1. The van der Waals surface area contributed by atoms with Crippen molar-refractivity contribution in [3.05, 3.63) is 56.3 Å². The van der Waals surface area contributed by atoms with Crippen LogP contribution >= 0.6 is 11.3 Å². The molecule has 0 spiro atoms. The Kier molecular flexibility index (Phi) is 7.10. The summed E-state index contributed by atoms with van der Waals surface area (Å²) in [5.74, 6) is -0.503. The molecule has 2 N–H and O–H groups in total. The topological polar surface area (TPSA) is 101 Å². The van der Waals surface area contributed by atoms with Crippen molar-refractivity contribution in [2.75, 3.05) is 18.4 Å². The van der Waals surface area contributed by atoms with Crippen molar-refractivity contribution < 1.29 is 27.7 Å². The van der Waals surface area contributed by atoms with E-state index >= 15 is 0 Å². The van der Waals surface area contributed by atoms with Gasteiger partial charge in [0.2, 0.25) is 5.91 Å². The third-order valence-electron chi connectivity index (χ3n) is 3.66. The second kappa shape index (κ2) is 9.31. The molecule has 7 nitrogen and oxygen atoms in total. The smallest absolute Gasteiger partial charge is 0.378 e. The highest BCUT2D eigenvalue weighted by atomic mass is 32.1. The summed E-state index contributed by atoms with van der Waals surface area (Å²) < 4.78 is 38.0. The number of nitro groups is 1. The van der Waals surface area contributed by atoms with Crippen LogP contribution in [0.3, 0.4) is 0 Å². The van der Waals surface area contributed by atoms with Crippen LogP contribution in [0.5, 0.6) is 0 Å². The van der Waals surface area contributed by atoms with E-state index in [-0.39, 0.29) is 43.3 Å². The highest BCUT2D eigenvalue weighted by Crippen LogP contribution is 2.34. The van der Waals surface area contributed by atoms with Crippen LogP contribution in [-0.4, -0.2) is 29.7 Å². The van der Waals surface area contributed by atoms with Crippen LogP contribution in [0.4, 0.5) is 24.5 Å². The van der Waals surface area contributed by atoms with Crippen LogP contribution in [0.2, 0.25) is 0 Å². The second-order valence-corrected chi connectivity index (χ2v) is 6.61. The largest absolute Gasteiger partial charge is 0.416 e. The molecule has 0 aliphatic heterocycles. The predicted octanol–water partition coefficient (Wildman–Crippen LogP) is 3.87. The molecule has 0 saturated heterocycles. The minimum absolute atomic E-state index is 0.00282. The van der Waals surface area contributed by atoms with Crippen molar-refractivity contribution in [1.29, 1.82) is 0 Å². The van der Waals surface area contributed by atoms with Gasteiger partial charge >= 0.3 is 6.18 Å². The molecule has 0 bridgehead atoms. The van der Waals surface area contributed by atoms with Crippen molar-refractivity contribution >= 4 is 34.4 Å². The summed E-state index contributed by atoms with van der Waals surface area (Å²) in [6.45, 7) is 0.154. The normalized spacial score (nSPS) is 11.1. The van der Waals surface area contributed by atoms with Crippen LogP contribution in [0.25, 0.3) is 0 Å². The summed E-state index contributed by atoms with van der Waals surface area (Å²) in [6.07, 6.45) is -4.63. The third-order valence-corrected chi connectivity index (χ3v) is 4.57. The minimum atomic E-state index is -4.68. The zero-order chi connectivity index (χ0) is 20.7. The number of benzene rings is 1. The monoisotopic (exact) mass is 415 g/mol. The average Bonchev–Trinajstić information content (AvgIpc) is 3.17. The van der Waals surface area contributed by atoms with Gasteiger partial charge in [0.25, 0.3) is 5.69 Å². The summed E-state index contributed by atoms with van der Waals surface area (Å²) in [6, 6.07) is 5.58. The number of thiophene rings is 1. The van der Waals surface area contributed by atoms with Gasteiger partial charge in [0.15, 0.2) is 5.78 Å². The standard InChI is InChI=1S/C17H16F3N3O4S/c18-17(19,20)11-3-4-12(13(10-11)23(26)27)21-7-8-22-16(25)6-5-14(24)15-2-1-9-28-15/h1-4,9-10,21H,5-8H2,(H,22,25). The van der Waals surface area contributed by atoms with Gasteiger partial charge in [-0.1, -0.05) is 6.07 Å². The highest BCUT2D eigenvalue weighted by Gasteiger charge is 2.33. The van der Waals surface area contributed by atoms with Crippen LogP contribution in [0, 0.1) is 10.1 Å². The number of ketones is 1. The zero-order valence-corrected chi connectivity index (χ0v) is 15.2. The lowest BCUT2D eigenvalue weighted by Gasteiger charge is -2.11. The number of Topliss-reactive ketones (excluding diaryl/α,β-unsaturated/α-hetero) is 1. The van der Waals surface area contributed by atoms with E-state index in [2.05, 4.69) is 10.6 Å². The SMILES string of the molecule is O=C(CCC(=O)c1cccs1)NCCNc1ccc(C(F)(F)F)cc1[N+](=O)[O-]. The molecule has 2 rings (SSSR count). The van der Waals surface area contributed by atoms with Crippen molar-refractivity contribution in [1.82, 2.24) is 5.32 Å². The Balaban J connectivity index is 1.80. The van der Waals surface area contributed by atoms with Crippen LogP contribution in [-0.2, 0) is 11.0 Å². The van der Waals surface area contributed by atoms with Crippen LogP contribution < -0.4 is 10.6 Å². The third kappa shape index (κ3) is 6.05. The number of nitro benzene ring substituents is 1. The Hall–Kier alpha value is -2.95. The van der Waals surface area contributed by atoms with E-state index in [1.165, 1.54) is 11.3 Å². The quantitative estimate of drug-likeness (QED) is 0.280. The van der Waals surface area contributed by atoms with Crippen molar-refractivity contribution in [3.8, 4) is 0 Å². The van der Waals surface area contributed by atoms with Gasteiger partial charge in [-0.2, -0.15) is 13.2 Å². The van der Waals surface area contributed by atoms with Gasteiger partial charge in [-0.15, -0.1) is 11.3 Å². The maximum absolute atomic E-state index is 12.7. The van der Waals surface area contributed by atoms with Gasteiger partial charge in [0.1, 0.15) is 5.69 Å². The number of rotatable bonds is 9. The summed E-state index contributed by atoms with van der Waals surface area (Å²) in [5, 5.41) is 17.9. The molecule has 28 heavy (non-hydrogen) atoms. The van der Waals surface area contributed by atoms with E-state index in [0.717, 1.165) is 12.1 Å². The van der Waals surface area contributed by atoms with Crippen molar-refractivity contribution in [2.45, 2.75) is 19.0 Å². The number of alkyl halides is 3. The molecule has 0 fully saturated rings. The first-order valence-electron chi connectivity index (χ1n) is 8.11. The zero-order valence-electron chi connectivity index (χ0n) is 14.4. The van der Waals surface area contributed by atoms with E-state index in [9.17, 15) is 32.9 Å². The summed E-state index contributed by atoms with van der Waals surface area (Å²) in [5.41, 5.74) is -1.91. The van der Waals surface area contributed by atoms with E-state index in [1.807, 2.05) is 0 Å². The summed E-state index contributed by atoms with van der Waals surface area (Å²) in [7, 11) is 0. The minimum Gasteiger partial charge on any atom is -0.378 e. The maximum Gasteiger partial charge on any atom is 0.416 e. The van der Waals surface area contributed by atoms with Gasteiger partial charge in [-0.05, 0) is 23.6 Å². The molecule has 1 amide bonds. The molecule has 0 atom stereocenters. The molecule has 150 valence electrons. The van der Waals surface area contributed by atoms with E-state index in [0.29, 0.717) is 10.9 Å². The number of carbonyl (C=O) groups excluding carboxylic acids is 2. The molecule has 0 unspecified atom stereocenters. The lowest BCUT2D eigenvalue weighted by molar-refractivity contribution is -0.384. The summed E-state index contributed by atoms with van der Waals surface area (Å²) >= 11 is 1.29. The first kappa shape index (κ1) is 21.4. The van der Waals surface area contributed by atoms with Gasteiger partial charge in [0, 0.05) is 32.0 Å². The van der Waals surface area contributed by atoms with Gasteiger partial charge in [0.05, 0.1) is 15.4 Å². The summed E-state index contributed by atoms with van der Waals surface area (Å²) in [4.78, 5) is 34.2. The van der Waals surface area contributed by atoms with Gasteiger partial charge < -0.3 is 10.6 Å². The predicted molar refractivity (Wildman–Crippen MR) is 97.5 cm³/mol. The van der Waals surface area contributed by atoms with Crippen molar-refractivity contribution in [3.63, 3.8) is 0 Å². The molecule has 0 radical (unpaired) electrons. The lowest BCUT2D eigenvalue weighted by atomic mass is 10.1. The molecule has 11 heteroatoms. The Bertz CT molecular complexity index is 854. The first-order chi connectivity index (χ1) is 13.2. The highest BCUT2D eigenvalue weighted by molar-refractivity contribution is 7.12. The Morgan fingerprint density at radius 1 is 1.14 bits per heavy atom. The average molecular weight is 415 g/mol. The van der Waals surface area contributed by atoms with E-state index in [4.69, 9.17) is 0 Å². The second-order valence-electron chi connectivity index (χ2n) is 5.66. The molecule has 1 aromatic heterocycles. The van der Waals surface area contributed by atoms with Crippen LogP contribution in [0.1, 0.15) is 28.1 Å². The number of hydrogen-bond acceptors (Lipinski definition) is 6. The van der Waals surface area contributed by atoms with Crippen molar-refractivity contribution in [2.24, 2.45) is 0 Å². The number of amides is 1. The fourth-order valence-corrected chi connectivity index (χ4v) is 2.98. The Morgan fingerprint density at radius 2 is 1.89 bits per heavy atom. The lowest BCUT2D eigenvalue weighted by Crippen LogP contribution is -2.29. The molecular formula is C17H16F3N3O4S. The van der Waals surface area contributed by atoms with Gasteiger partial charge in [-0.25, -0.2) is 0 Å². The fourth-order valence-electron chi connectivity index (χ4n) is 2.28. The Labute approximate surface area is 161 Å². The maximum atomic E-state index is 12.7. The number of nitrogens with zero attached hydrogens (tertiary/aromatic N) is 1. The molecular weight excluding hydrogens is 399 g/mol. The molecule has 0 aliphatic carbocycles. The fraction of sp³-hybridized carbons (Fsp3) is 0.294. The van der Waals surface area contributed by atoms with Gasteiger partial charge in [-0.3, -0.25) is 19.7 Å². The molecule has 1 aromatic carbocycles. The molecule has 1 heterocycles. The first-order valence-corrected chi connectivity index (χ1v) is 8.99. The van der Waals surface area contributed by atoms with E-state index in [1.54, 1.807) is 17.5 Å². The molecule has 2 aromatic rings. The number of hydrogen-bond donors (Lipinski definition) is 2. The van der Waals surface area contributed by atoms with E-state index < -0.39 is 22.4 Å². The molecule has 0 aliphatic rings. The number of halogens is 3. The van der Waals surface area contributed by atoms with Crippen LogP contribution in [0.15, 0.2) is 35.7 Å². The number of nitrogens with one attached hydrogen (secondary N) is 2.